The first kappa shape index (κ1) is 24.6. The summed E-state index contributed by atoms with van der Waals surface area (Å²) in [6.07, 6.45) is 1.70. The highest BCUT2D eigenvalue weighted by atomic mass is 35.5. The number of nitrogens with zero attached hydrogens (tertiary/aromatic N) is 2. The molecule has 1 fully saturated rings. The van der Waals surface area contributed by atoms with Gasteiger partial charge in [-0.2, -0.15) is 18.3 Å². The van der Waals surface area contributed by atoms with Gasteiger partial charge in [0, 0.05) is 24.8 Å². The van der Waals surface area contributed by atoms with E-state index in [4.69, 9.17) is 23.2 Å². The zero-order chi connectivity index (χ0) is 24.5. The van der Waals surface area contributed by atoms with E-state index in [1.807, 2.05) is 37.5 Å². The van der Waals surface area contributed by atoms with E-state index in [2.05, 4.69) is 15.7 Å². The second-order valence-electron chi connectivity index (χ2n) is 8.32. The van der Waals surface area contributed by atoms with Crippen LogP contribution in [0, 0.1) is 0 Å². The van der Waals surface area contributed by atoms with E-state index < -0.39 is 28.7 Å². The monoisotopic (exact) mass is 510 g/mol. The topological polar surface area (TPSA) is 59.0 Å². The number of hydrogen-bond donors (Lipinski definition) is 2. The van der Waals surface area contributed by atoms with Crippen LogP contribution in [0.1, 0.15) is 46.8 Å². The molecule has 1 saturated heterocycles. The number of aryl methyl sites for hydroxylation is 1. The van der Waals surface area contributed by atoms with Gasteiger partial charge in [0.15, 0.2) is 0 Å². The molecular weight excluding hydrogens is 488 g/mol. The zero-order valence-corrected chi connectivity index (χ0v) is 19.8. The standard InChI is InChI=1S/C24H23Cl2F3N4O/c1-33-13-16(12-31-33)14-5-4-6-15(11-14)22(19-7-2-3-10-30-19)32-23(34)20-18(25)9-8-17(21(20)26)24(27,28)29/h4-6,8-9,11-13,19,22,30H,2-3,7,10H2,1H3,(H,32,34)/t19-,22-/m0/s1. The molecule has 3 aromatic rings. The Morgan fingerprint density at radius 2 is 2.00 bits per heavy atom. The summed E-state index contributed by atoms with van der Waals surface area (Å²) in [6.45, 7) is 0.782. The van der Waals surface area contributed by atoms with Gasteiger partial charge in [0.25, 0.3) is 5.91 Å². The summed E-state index contributed by atoms with van der Waals surface area (Å²) in [5, 5.41) is 9.68. The fraction of sp³-hybridized carbons (Fsp3) is 0.333. The van der Waals surface area contributed by atoms with Crippen molar-refractivity contribution in [1.82, 2.24) is 20.4 Å². The minimum Gasteiger partial charge on any atom is -0.344 e. The molecule has 2 N–H and O–H groups in total. The Morgan fingerprint density at radius 3 is 2.65 bits per heavy atom. The molecule has 10 heteroatoms. The maximum atomic E-state index is 13.4. The molecule has 180 valence electrons. The fourth-order valence-corrected chi connectivity index (χ4v) is 4.90. The molecule has 0 radical (unpaired) electrons. The lowest BCUT2D eigenvalue weighted by atomic mass is 9.90. The van der Waals surface area contributed by atoms with E-state index in [1.54, 1.807) is 10.9 Å². The number of rotatable bonds is 5. The number of benzene rings is 2. The van der Waals surface area contributed by atoms with E-state index >= 15 is 0 Å². The summed E-state index contributed by atoms with van der Waals surface area (Å²) in [6, 6.07) is 8.86. The van der Waals surface area contributed by atoms with Gasteiger partial charge in [0.2, 0.25) is 0 Å². The number of aromatic nitrogens is 2. The van der Waals surface area contributed by atoms with E-state index in [1.165, 1.54) is 0 Å². The minimum atomic E-state index is -4.71. The molecule has 1 amide bonds. The number of carbonyl (C=O) groups is 1. The first-order chi connectivity index (χ1) is 16.1. The number of piperidine rings is 1. The molecule has 2 aromatic carbocycles. The van der Waals surface area contributed by atoms with E-state index in [0.29, 0.717) is 0 Å². The van der Waals surface area contributed by atoms with E-state index in [0.717, 1.165) is 54.6 Å². The van der Waals surface area contributed by atoms with E-state index in [-0.39, 0.29) is 16.6 Å². The molecule has 1 aliphatic rings. The summed E-state index contributed by atoms with van der Waals surface area (Å²) in [7, 11) is 1.82. The van der Waals surface area contributed by atoms with Gasteiger partial charge in [-0.25, -0.2) is 0 Å². The minimum absolute atomic E-state index is 0.106. The highest BCUT2D eigenvalue weighted by molar-refractivity contribution is 6.40. The third-order valence-corrected chi connectivity index (χ3v) is 6.65. The number of nitrogens with one attached hydrogen (secondary N) is 2. The average molecular weight is 511 g/mol. The summed E-state index contributed by atoms with van der Waals surface area (Å²) in [4.78, 5) is 13.3. The number of alkyl halides is 3. The molecule has 2 atom stereocenters. The number of amides is 1. The first-order valence-electron chi connectivity index (χ1n) is 10.8. The van der Waals surface area contributed by atoms with Crippen molar-refractivity contribution in [3.05, 3.63) is 75.5 Å². The van der Waals surface area contributed by atoms with Crippen molar-refractivity contribution in [2.24, 2.45) is 7.05 Å². The van der Waals surface area contributed by atoms with Crippen LogP contribution in [0.15, 0.2) is 48.8 Å². The molecule has 0 spiro atoms. The molecular formula is C24H23Cl2F3N4O. The third-order valence-electron chi connectivity index (χ3n) is 5.94. The first-order valence-corrected chi connectivity index (χ1v) is 11.6. The molecule has 0 saturated carbocycles. The van der Waals surface area contributed by atoms with Crippen molar-refractivity contribution < 1.29 is 18.0 Å². The lowest BCUT2D eigenvalue weighted by Gasteiger charge is -2.33. The Hall–Kier alpha value is -2.55. The van der Waals surface area contributed by atoms with Crippen molar-refractivity contribution in [3.8, 4) is 11.1 Å². The highest BCUT2D eigenvalue weighted by Gasteiger charge is 2.36. The molecule has 34 heavy (non-hydrogen) atoms. The lowest BCUT2D eigenvalue weighted by molar-refractivity contribution is -0.137. The SMILES string of the molecule is Cn1cc(-c2cccc([C@H](NC(=O)c3c(Cl)ccc(C(F)(F)F)c3Cl)[C@@H]3CCCCN3)c2)cn1. The van der Waals surface area contributed by atoms with E-state index in [9.17, 15) is 18.0 Å². The summed E-state index contributed by atoms with van der Waals surface area (Å²) in [5.41, 5.74) is 1.15. The summed E-state index contributed by atoms with van der Waals surface area (Å²) < 4.78 is 41.8. The van der Waals surface area contributed by atoms with Crippen LogP contribution in [0.3, 0.4) is 0 Å². The molecule has 0 bridgehead atoms. The average Bonchev–Trinajstić information content (AvgIpc) is 3.23. The highest BCUT2D eigenvalue weighted by Crippen LogP contribution is 2.39. The molecule has 1 aliphatic heterocycles. The molecule has 4 rings (SSSR count). The molecule has 0 unspecified atom stereocenters. The Labute approximate surface area is 205 Å². The smallest absolute Gasteiger partial charge is 0.344 e. The van der Waals surface area contributed by atoms with Gasteiger partial charge in [-0.1, -0.05) is 47.8 Å². The van der Waals surface area contributed by atoms with Crippen LogP contribution in [0.5, 0.6) is 0 Å². The van der Waals surface area contributed by atoms with Crippen LogP contribution < -0.4 is 10.6 Å². The van der Waals surface area contributed by atoms with Crippen molar-refractivity contribution in [2.75, 3.05) is 6.54 Å². The maximum absolute atomic E-state index is 13.4. The van der Waals surface area contributed by atoms with Gasteiger partial charge < -0.3 is 10.6 Å². The fourth-order valence-electron chi connectivity index (χ4n) is 4.25. The Balaban J connectivity index is 1.71. The van der Waals surface area contributed by atoms with Crippen LogP contribution in [0.25, 0.3) is 11.1 Å². The van der Waals surface area contributed by atoms with Crippen molar-refractivity contribution in [1.29, 1.82) is 0 Å². The Bertz CT molecular complexity index is 1190. The quantitative estimate of drug-likeness (QED) is 0.440. The van der Waals surface area contributed by atoms with Crippen LogP contribution in [0.2, 0.25) is 10.0 Å². The zero-order valence-electron chi connectivity index (χ0n) is 18.3. The van der Waals surface area contributed by atoms with Crippen molar-refractivity contribution in [2.45, 2.75) is 37.5 Å². The van der Waals surface area contributed by atoms with Gasteiger partial charge in [-0.05, 0) is 48.7 Å². The van der Waals surface area contributed by atoms with Gasteiger partial charge in [0.1, 0.15) is 0 Å². The summed E-state index contributed by atoms with van der Waals surface area (Å²) in [5.74, 6) is -0.759. The van der Waals surface area contributed by atoms with Gasteiger partial charge in [0.05, 0.1) is 33.4 Å². The lowest BCUT2D eigenvalue weighted by Crippen LogP contribution is -2.46. The van der Waals surface area contributed by atoms with Crippen LogP contribution in [-0.2, 0) is 13.2 Å². The number of hydrogen-bond acceptors (Lipinski definition) is 3. The van der Waals surface area contributed by atoms with Gasteiger partial charge in [-0.3, -0.25) is 9.48 Å². The molecule has 2 heterocycles. The predicted molar refractivity (Wildman–Crippen MR) is 126 cm³/mol. The molecule has 0 aliphatic carbocycles. The van der Waals surface area contributed by atoms with Gasteiger partial charge >= 0.3 is 6.18 Å². The van der Waals surface area contributed by atoms with Gasteiger partial charge in [-0.15, -0.1) is 0 Å². The summed E-state index contributed by atoms with van der Waals surface area (Å²) >= 11 is 12.2. The van der Waals surface area contributed by atoms with Crippen molar-refractivity contribution in [3.63, 3.8) is 0 Å². The molecule has 5 nitrogen and oxygen atoms in total. The number of carbonyl (C=O) groups excluding carboxylic acids is 1. The Morgan fingerprint density at radius 1 is 1.21 bits per heavy atom. The van der Waals surface area contributed by atoms with Crippen LogP contribution >= 0.6 is 23.2 Å². The maximum Gasteiger partial charge on any atom is 0.417 e. The second-order valence-corrected chi connectivity index (χ2v) is 9.10. The Kier molecular flexibility index (Phi) is 7.21. The largest absolute Gasteiger partial charge is 0.417 e. The van der Waals surface area contributed by atoms with Crippen LogP contribution in [0.4, 0.5) is 13.2 Å². The third kappa shape index (κ3) is 5.24. The van der Waals surface area contributed by atoms with Crippen molar-refractivity contribution >= 4 is 29.1 Å². The second kappa shape index (κ2) is 9.98. The molecule has 1 aromatic heterocycles. The normalized spacial score (nSPS) is 17.4. The predicted octanol–water partition coefficient (Wildman–Crippen LogP) is 6.03. The number of halogens is 5. The van der Waals surface area contributed by atoms with Crippen LogP contribution in [-0.4, -0.2) is 28.3 Å².